The summed E-state index contributed by atoms with van der Waals surface area (Å²) < 4.78 is 40.0. The highest BCUT2D eigenvalue weighted by molar-refractivity contribution is 5.82. The molecule has 3 aromatic rings. The van der Waals surface area contributed by atoms with Crippen LogP contribution in [0, 0.1) is 17.8 Å². The number of nitrogens with zero attached hydrogens (tertiary/aromatic N) is 4. The summed E-state index contributed by atoms with van der Waals surface area (Å²) in [6.45, 7) is 2.35. The minimum Gasteiger partial charge on any atom is -0.382 e. The molecule has 0 spiro atoms. The molecule has 162 valence electrons. The van der Waals surface area contributed by atoms with Crippen molar-refractivity contribution in [1.82, 2.24) is 19.5 Å². The number of aromatic nitrogens is 4. The van der Waals surface area contributed by atoms with Gasteiger partial charge in [0, 0.05) is 0 Å². The quantitative estimate of drug-likeness (QED) is 0.606. The Morgan fingerprint density at radius 2 is 2.00 bits per heavy atom. The van der Waals surface area contributed by atoms with Gasteiger partial charge in [0.25, 0.3) is 0 Å². The second-order valence-corrected chi connectivity index (χ2v) is 8.15. The highest BCUT2D eigenvalue weighted by Crippen LogP contribution is 2.32. The van der Waals surface area contributed by atoms with Gasteiger partial charge in [-0.15, -0.1) is 0 Å². The van der Waals surface area contributed by atoms with Gasteiger partial charge in [-0.3, -0.25) is 0 Å². The summed E-state index contributed by atoms with van der Waals surface area (Å²) in [5, 5.41) is 10.7. The van der Waals surface area contributed by atoms with Gasteiger partial charge in [0.15, 0.2) is 11.5 Å². The number of benzene rings is 1. The SMILES string of the molecule is C[C@@H]1CCC[C@@](O)(C#Cc2nc(N)c3ncn(Cc4ccc(C(F)(F)F)cc4)c3n2)C1. The van der Waals surface area contributed by atoms with Gasteiger partial charge in [-0.05, 0) is 48.8 Å². The highest BCUT2D eigenvalue weighted by Gasteiger charge is 2.31. The van der Waals surface area contributed by atoms with Gasteiger partial charge in [-0.1, -0.05) is 31.4 Å². The number of hydrogen-bond donors (Lipinski definition) is 2. The number of fused-ring (bicyclic) bond motifs is 1. The molecule has 1 aromatic carbocycles. The molecule has 6 nitrogen and oxygen atoms in total. The first-order valence-electron chi connectivity index (χ1n) is 10.0. The molecule has 0 saturated heterocycles. The summed E-state index contributed by atoms with van der Waals surface area (Å²) in [4.78, 5) is 12.8. The number of nitrogens with two attached hydrogens (primary N) is 1. The molecule has 1 saturated carbocycles. The lowest BCUT2D eigenvalue weighted by molar-refractivity contribution is -0.137. The molecule has 3 N–H and O–H groups in total. The Labute approximate surface area is 177 Å². The Hall–Kier alpha value is -3.12. The molecule has 0 aliphatic heterocycles. The number of anilines is 1. The van der Waals surface area contributed by atoms with E-state index in [1.165, 1.54) is 18.5 Å². The lowest BCUT2D eigenvalue weighted by Gasteiger charge is -2.30. The number of rotatable bonds is 2. The third-order valence-electron chi connectivity index (χ3n) is 5.51. The summed E-state index contributed by atoms with van der Waals surface area (Å²) in [6, 6.07) is 4.92. The van der Waals surface area contributed by atoms with E-state index in [4.69, 9.17) is 5.73 Å². The minimum absolute atomic E-state index is 0.157. The molecule has 9 heteroatoms. The number of nitrogen functional groups attached to an aromatic ring is 1. The summed E-state index contributed by atoms with van der Waals surface area (Å²) in [7, 11) is 0. The topological polar surface area (TPSA) is 89.9 Å². The van der Waals surface area contributed by atoms with Crippen LogP contribution in [0.15, 0.2) is 30.6 Å². The van der Waals surface area contributed by atoms with E-state index in [2.05, 4.69) is 33.7 Å². The van der Waals surface area contributed by atoms with Crippen molar-refractivity contribution in [2.45, 2.75) is 50.9 Å². The van der Waals surface area contributed by atoms with Crippen molar-refractivity contribution >= 4 is 17.0 Å². The smallest absolute Gasteiger partial charge is 0.382 e. The van der Waals surface area contributed by atoms with E-state index >= 15 is 0 Å². The summed E-state index contributed by atoms with van der Waals surface area (Å²) in [6.07, 6.45) is 0.324. The van der Waals surface area contributed by atoms with Crippen LogP contribution in [0.2, 0.25) is 0 Å². The first kappa shape index (κ1) is 21.1. The fraction of sp³-hybridized carbons (Fsp3) is 0.409. The maximum atomic E-state index is 12.8. The molecule has 1 aliphatic rings. The Balaban J connectivity index is 1.62. The van der Waals surface area contributed by atoms with Gasteiger partial charge in [0.2, 0.25) is 5.82 Å². The fourth-order valence-electron chi connectivity index (χ4n) is 3.94. The molecule has 31 heavy (non-hydrogen) atoms. The van der Waals surface area contributed by atoms with E-state index in [9.17, 15) is 18.3 Å². The second-order valence-electron chi connectivity index (χ2n) is 8.15. The molecular weight excluding hydrogens is 407 g/mol. The van der Waals surface area contributed by atoms with Crippen molar-refractivity contribution in [3.8, 4) is 11.8 Å². The molecule has 1 fully saturated rings. The third kappa shape index (κ3) is 4.64. The Morgan fingerprint density at radius 1 is 1.26 bits per heavy atom. The average Bonchev–Trinajstić information content (AvgIpc) is 3.09. The van der Waals surface area contributed by atoms with Crippen molar-refractivity contribution < 1.29 is 18.3 Å². The van der Waals surface area contributed by atoms with Crippen molar-refractivity contribution in [3.05, 3.63) is 47.5 Å². The maximum Gasteiger partial charge on any atom is 0.416 e. The number of halogens is 3. The van der Waals surface area contributed by atoms with Crippen molar-refractivity contribution in [2.75, 3.05) is 5.73 Å². The van der Waals surface area contributed by atoms with Gasteiger partial charge in [0.1, 0.15) is 11.1 Å². The Morgan fingerprint density at radius 3 is 2.68 bits per heavy atom. The number of aliphatic hydroxyl groups is 1. The standard InChI is InChI=1S/C22H22F3N5O/c1-14-3-2-9-21(31,11-14)10-8-17-28-19(26)18-20(29-17)30(13-27-18)12-15-4-6-16(7-5-15)22(23,24)25/h4-7,13-14,31H,2-3,9,11-12H2,1H3,(H2,26,28,29)/t14-,21-/m1/s1. The zero-order valence-electron chi connectivity index (χ0n) is 16.9. The molecule has 0 radical (unpaired) electrons. The van der Waals surface area contributed by atoms with Gasteiger partial charge in [-0.2, -0.15) is 13.2 Å². The highest BCUT2D eigenvalue weighted by atomic mass is 19.4. The second kappa shape index (κ2) is 7.85. The lowest BCUT2D eigenvalue weighted by Crippen LogP contribution is -2.32. The molecule has 0 amide bonds. The van der Waals surface area contributed by atoms with Gasteiger partial charge < -0.3 is 15.4 Å². The largest absolute Gasteiger partial charge is 0.416 e. The molecule has 2 atom stereocenters. The first-order valence-corrected chi connectivity index (χ1v) is 10.0. The van der Waals surface area contributed by atoms with Crippen LogP contribution < -0.4 is 5.73 Å². The van der Waals surface area contributed by atoms with Crippen LogP contribution in [0.3, 0.4) is 0 Å². The summed E-state index contributed by atoms with van der Waals surface area (Å²) >= 11 is 0. The Bertz CT molecular complexity index is 1160. The van der Waals surface area contributed by atoms with E-state index in [-0.39, 0.29) is 18.2 Å². The number of alkyl halides is 3. The van der Waals surface area contributed by atoms with Crippen LogP contribution in [0.1, 0.15) is 49.6 Å². The number of imidazole rings is 1. The van der Waals surface area contributed by atoms with E-state index in [1.54, 1.807) is 4.57 Å². The van der Waals surface area contributed by atoms with E-state index in [1.807, 2.05) is 0 Å². The van der Waals surface area contributed by atoms with E-state index < -0.39 is 17.3 Å². The zero-order valence-corrected chi connectivity index (χ0v) is 16.9. The number of hydrogen-bond acceptors (Lipinski definition) is 5. The summed E-state index contributed by atoms with van der Waals surface area (Å²) in [5.41, 5.74) is 5.72. The molecule has 4 rings (SSSR count). The minimum atomic E-state index is -4.38. The lowest BCUT2D eigenvalue weighted by atomic mass is 9.79. The molecule has 2 heterocycles. The van der Waals surface area contributed by atoms with E-state index in [0.29, 0.717) is 35.5 Å². The predicted molar refractivity (Wildman–Crippen MR) is 110 cm³/mol. The van der Waals surface area contributed by atoms with Crippen molar-refractivity contribution in [2.24, 2.45) is 5.92 Å². The van der Waals surface area contributed by atoms with Gasteiger partial charge >= 0.3 is 6.18 Å². The van der Waals surface area contributed by atoms with E-state index in [0.717, 1.165) is 25.0 Å². The van der Waals surface area contributed by atoms with Crippen LogP contribution >= 0.6 is 0 Å². The molecular formula is C22H22F3N5O. The normalized spacial score (nSPS) is 21.6. The molecule has 1 aliphatic carbocycles. The fourth-order valence-corrected chi connectivity index (χ4v) is 3.94. The van der Waals surface area contributed by atoms with Crippen molar-refractivity contribution in [1.29, 1.82) is 0 Å². The Kier molecular flexibility index (Phi) is 5.35. The van der Waals surface area contributed by atoms with Gasteiger partial charge in [0.05, 0.1) is 18.4 Å². The zero-order chi connectivity index (χ0) is 22.2. The summed E-state index contributed by atoms with van der Waals surface area (Å²) in [5.74, 6) is 6.48. The molecule has 2 aromatic heterocycles. The maximum absolute atomic E-state index is 12.8. The first-order chi connectivity index (χ1) is 14.6. The molecule has 0 unspecified atom stereocenters. The van der Waals surface area contributed by atoms with Crippen LogP contribution in [0.25, 0.3) is 11.2 Å². The van der Waals surface area contributed by atoms with Crippen molar-refractivity contribution in [3.63, 3.8) is 0 Å². The van der Waals surface area contributed by atoms with Crippen LogP contribution in [-0.4, -0.2) is 30.2 Å². The molecule has 0 bridgehead atoms. The predicted octanol–water partition coefficient (Wildman–Crippen LogP) is 3.77. The third-order valence-corrected chi connectivity index (χ3v) is 5.51. The van der Waals surface area contributed by atoms with Gasteiger partial charge in [-0.25, -0.2) is 15.0 Å². The van der Waals surface area contributed by atoms with Crippen LogP contribution in [0.5, 0.6) is 0 Å². The van der Waals surface area contributed by atoms with Crippen LogP contribution in [0.4, 0.5) is 19.0 Å². The van der Waals surface area contributed by atoms with Crippen LogP contribution in [-0.2, 0) is 12.7 Å². The average molecular weight is 429 g/mol. The monoisotopic (exact) mass is 429 g/mol.